The van der Waals surface area contributed by atoms with E-state index in [1.54, 1.807) is 6.07 Å². The molecule has 0 unspecified atom stereocenters. The Hall–Kier alpha value is -1.78. The van der Waals surface area contributed by atoms with Crippen molar-refractivity contribution >= 4 is 29.0 Å². The average molecular weight is 329 g/mol. The number of ketones is 1. The van der Waals surface area contributed by atoms with Crippen molar-refractivity contribution in [3.8, 4) is 11.5 Å². The summed E-state index contributed by atoms with van der Waals surface area (Å²) in [6, 6.07) is 8.59. The first-order valence-corrected chi connectivity index (χ1v) is 6.71. The first kappa shape index (κ1) is 15.6. The van der Waals surface area contributed by atoms with Crippen molar-refractivity contribution in [1.82, 2.24) is 0 Å². The molecule has 2 rings (SSSR count). The lowest BCUT2D eigenvalue weighted by Crippen LogP contribution is -2.12. The Balaban J connectivity index is 2.06. The summed E-state index contributed by atoms with van der Waals surface area (Å²) in [5.41, 5.74) is 0.196. The van der Waals surface area contributed by atoms with Gasteiger partial charge < -0.3 is 9.47 Å². The minimum Gasteiger partial charge on any atom is -0.494 e. The highest BCUT2D eigenvalue weighted by Crippen LogP contribution is 2.24. The van der Waals surface area contributed by atoms with Gasteiger partial charge in [-0.3, -0.25) is 4.79 Å². The lowest BCUT2D eigenvalue weighted by molar-refractivity contribution is 0.0921. The van der Waals surface area contributed by atoms with Crippen LogP contribution in [0.25, 0.3) is 0 Å². The zero-order valence-corrected chi connectivity index (χ0v) is 12.5. The molecular formula is C15H11Cl2FO3. The lowest BCUT2D eigenvalue weighted by Gasteiger charge is -2.08. The summed E-state index contributed by atoms with van der Waals surface area (Å²) in [6.07, 6.45) is 0. The van der Waals surface area contributed by atoms with Crippen LogP contribution in [0.5, 0.6) is 11.5 Å². The van der Waals surface area contributed by atoms with Crippen molar-refractivity contribution in [3.63, 3.8) is 0 Å². The minimum absolute atomic E-state index is 0.0779. The van der Waals surface area contributed by atoms with E-state index in [9.17, 15) is 9.18 Å². The molecule has 6 heteroatoms. The van der Waals surface area contributed by atoms with Gasteiger partial charge >= 0.3 is 0 Å². The largest absolute Gasteiger partial charge is 0.494 e. The number of hydrogen-bond acceptors (Lipinski definition) is 3. The molecule has 0 spiro atoms. The van der Waals surface area contributed by atoms with E-state index in [1.165, 1.54) is 31.4 Å². The van der Waals surface area contributed by atoms with E-state index in [4.69, 9.17) is 32.7 Å². The molecule has 0 heterocycles. The van der Waals surface area contributed by atoms with Crippen LogP contribution in [0.15, 0.2) is 36.4 Å². The molecule has 21 heavy (non-hydrogen) atoms. The van der Waals surface area contributed by atoms with Crippen molar-refractivity contribution in [2.75, 3.05) is 13.7 Å². The van der Waals surface area contributed by atoms with Crippen LogP contribution in [0.1, 0.15) is 10.4 Å². The number of halogens is 3. The number of rotatable bonds is 5. The molecule has 0 aliphatic heterocycles. The predicted octanol–water partition coefficient (Wildman–Crippen LogP) is 4.40. The quantitative estimate of drug-likeness (QED) is 0.763. The van der Waals surface area contributed by atoms with Gasteiger partial charge in [0.25, 0.3) is 0 Å². The van der Waals surface area contributed by atoms with Crippen LogP contribution in [-0.2, 0) is 0 Å². The predicted molar refractivity (Wildman–Crippen MR) is 79.2 cm³/mol. The van der Waals surface area contributed by atoms with Crippen LogP contribution < -0.4 is 9.47 Å². The van der Waals surface area contributed by atoms with Crippen LogP contribution >= 0.6 is 23.2 Å². The second-order valence-corrected chi connectivity index (χ2v) is 5.04. The molecule has 0 aliphatic rings. The summed E-state index contributed by atoms with van der Waals surface area (Å²) >= 11 is 11.6. The van der Waals surface area contributed by atoms with Gasteiger partial charge in [0.2, 0.25) is 0 Å². The van der Waals surface area contributed by atoms with E-state index in [0.29, 0.717) is 15.8 Å². The lowest BCUT2D eigenvalue weighted by atomic mass is 10.1. The Morgan fingerprint density at radius 1 is 1.14 bits per heavy atom. The number of Topliss-reactive ketones (excluding diaryl/α,β-unsaturated/α-hetero) is 1. The second-order valence-electron chi connectivity index (χ2n) is 4.17. The molecule has 0 saturated heterocycles. The van der Waals surface area contributed by atoms with Gasteiger partial charge in [-0.2, -0.15) is 0 Å². The van der Waals surface area contributed by atoms with Crippen LogP contribution in [0.4, 0.5) is 4.39 Å². The van der Waals surface area contributed by atoms with Gasteiger partial charge in [0.15, 0.2) is 24.0 Å². The maximum absolute atomic E-state index is 13.5. The molecule has 0 aliphatic carbocycles. The molecule has 2 aromatic rings. The Labute approximate surface area is 131 Å². The number of carbonyl (C=O) groups excluding carboxylic acids is 1. The number of hydrogen-bond donors (Lipinski definition) is 0. The molecule has 0 fully saturated rings. The highest BCUT2D eigenvalue weighted by Gasteiger charge is 2.11. The molecule has 0 radical (unpaired) electrons. The van der Waals surface area contributed by atoms with Crippen molar-refractivity contribution in [1.29, 1.82) is 0 Å². The van der Waals surface area contributed by atoms with Crippen LogP contribution in [0, 0.1) is 5.82 Å². The van der Waals surface area contributed by atoms with Gasteiger partial charge in [-0.1, -0.05) is 23.2 Å². The fourth-order valence-corrected chi connectivity index (χ4v) is 2.19. The van der Waals surface area contributed by atoms with Crippen LogP contribution in [-0.4, -0.2) is 19.5 Å². The zero-order chi connectivity index (χ0) is 15.4. The van der Waals surface area contributed by atoms with Crippen LogP contribution in [0.3, 0.4) is 0 Å². The third kappa shape index (κ3) is 4.09. The van der Waals surface area contributed by atoms with Crippen molar-refractivity contribution in [3.05, 3.63) is 57.8 Å². The van der Waals surface area contributed by atoms with E-state index in [0.717, 1.165) is 6.07 Å². The number of benzene rings is 2. The van der Waals surface area contributed by atoms with E-state index in [-0.39, 0.29) is 23.7 Å². The van der Waals surface area contributed by atoms with E-state index in [2.05, 4.69) is 0 Å². The third-order valence-corrected chi connectivity index (χ3v) is 3.12. The summed E-state index contributed by atoms with van der Waals surface area (Å²) in [5.74, 6) is -0.522. The molecule has 0 amide bonds. The molecule has 0 aromatic heterocycles. The Morgan fingerprint density at radius 2 is 1.81 bits per heavy atom. The SMILES string of the molecule is COc1ccc(C(=O)COc2cc(Cl)cc(Cl)c2)cc1F. The van der Waals surface area contributed by atoms with Gasteiger partial charge in [0, 0.05) is 15.6 Å². The fourth-order valence-electron chi connectivity index (χ4n) is 1.68. The molecule has 0 bridgehead atoms. The Kier molecular flexibility index (Phi) is 5.04. The molecular weight excluding hydrogens is 318 g/mol. The van der Waals surface area contributed by atoms with E-state index in [1.807, 2.05) is 0 Å². The topological polar surface area (TPSA) is 35.5 Å². The highest BCUT2D eigenvalue weighted by atomic mass is 35.5. The highest BCUT2D eigenvalue weighted by molar-refractivity contribution is 6.34. The Morgan fingerprint density at radius 3 is 2.38 bits per heavy atom. The number of methoxy groups -OCH3 is 1. The van der Waals surface area contributed by atoms with Crippen molar-refractivity contribution < 1.29 is 18.7 Å². The Bertz CT molecular complexity index is 654. The first-order valence-electron chi connectivity index (χ1n) is 5.95. The maximum Gasteiger partial charge on any atom is 0.200 e. The normalized spacial score (nSPS) is 10.3. The van der Waals surface area contributed by atoms with Gasteiger partial charge in [-0.05, 0) is 36.4 Å². The third-order valence-electron chi connectivity index (χ3n) is 2.68. The molecule has 110 valence electrons. The summed E-state index contributed by atoms with van der Waals surface area (Å²) in [7, 11) is 1.35. The summed E-state index contributed by atoms with van der Waals surface area (Å²) in [6.45, 7) is -0.248. The standard InChI is InChI=1S/C15H11Cl2FO3/c1-20-15-3-2-9(4-13(15)18)14(19)8-21-12-6-10(16)5-11(17)7-12/h2-7H,8H2,1H3. The van der Waals surface area contributed by atoms with Crippen molar-refractivity contribution in [2.24, 2.45) is 0 Å². The average Bonchev–Trinajstić information content (AvgIpc) is 2.43. The van der Waals surface area contributed by atoms with Gasteiger partial charge in [-0.15, -0.1) is 0 Å². The van der Waals surface area contributed by atoms with Crippen LogP contribution in [0.2, 0.25) is 10.0 Å². The smallest absolute Gasteiger partial charge is 0.200 e. The molecule has 0 atom stereocenters. The first-order chi connectivity index (χ1) is 9.99. The summed E-state index contributed by atoms with van der Waals surface area (Å²) in [4.78, 5) is 11.9. The molecule has 3 nitrogen and oxygen atoms in total. The van der Waals surface area contributed by atoms with E-state index >= 15 is 0 Å². The second kappa shape index (κ2) is 6.78. The van der Waals surface area contributed by atoms with Crippen molar-refractivity contribution in [2.45, 2.75) is 0 Å². The van der Waals surface area contributed by atoms with Gasteiger partial charge in [0.1, 0.15) is 5.75 Å². The molecule has 0 N–H and O–H groups in total. The molecule has 2 aromatic carbocycles. The number of ether oxygens (including phenoxy) is 2. The molecule has 0 saturated carbocycles. The number of carbonyl (C=O) groups is 1. The van der Waals surface area contributed by atoms with Gasteiger partial charge in [-0.25, -0.2) is 4.39 Å². The minimum atomic E-state index is -0.603. The maximum atomic E-state index is 13.5. The summed E-state index contributed by atoms with van der Waals surface area (Å²) < 4.78 is 23.6. The zero-order valence-electron chi connectivity index (χ0n) is 11.0. The van der Waals surface area contributed by atoms with E-state index < -0.39 is 5.82 Å². The van der Waals surface area contributed by atoms with Gasteiger partial charge in [0.05, 0.1) is 7.11 Å². The summed E-state index contributed by atoms with van der Waals surface area (Å²) in [5, 5.41) is 0.806. The monoisotopic (exact) mass is 328 g/mol. The fraction of sp³-hybridized carbons (Fsp3) is 0.133.